The molecule has 0 saturated heterocycles. The number of amides is 1. The number of aromatic nitrogens is 7. The molecule has 154 valence electrons. The maximum absolute atomic E-state index is 11.8. The van der Waals surface area contributed by atoms with Crippen LogP contribution in [0.25, 0.3) is 17.0 Å². The molecule has 3 heterocycles. The first kappa shape index (κ1) is 19.3. The molecule has 0 bridgehead atoms. The second-order valence-electron chi connectivity index (χ2n) is 6.70. The predicted octanol–water partition coefficient (Wildman–Crippen LogP) is 2.48. The number of anilines is 1. The minimum Gasteiger partial charge on any atom is -0.458 e. The summed E-state index contributed by atoms with van der Waals surface area (Å²) >= 11 is 0. The second kappa shape index (κ2) is 8.15. The van der Waals surface area contributed by atoms with Gasteiger partial charge in [-0.25, -0.2) is 19.0 Å². The summed E-state index contributed by atoms with van der Waals surface area (Å²) in [4.78, 5) is 20.7. The third-order valence-corrected chi connectivity index (χ3v) is 4.06. The molecular weight excluding hydrogens is 388 g/mol. The van der Waals surface area contributed by atoms with E-state index in [2.05, 4.69) is 30.8 Å². The number of carbonyl (C=O) groups is 1. The Hall–Kier alpha value is -4.02. The van der Waals surface area contributed by atoms with Gasteiger partial charge in [0.15, 0.2) is 0 Å². The van der Waals surface area contributed by atoms with Crippen LogP contribution in [-0.4, -0.2) is 46.9 Å². The number of aryl methyl sites for hydroxylation is 1. The fraction of sp³-hybridized carbons (Fsp3) is 0.263. The van der Waals surface area contributed by atoms with Crippen molar-refractivity contribution in [3.8, 4) is 12.0 Å². The summed E-state index contributed by atoms with van der Waals surface area (Å²) in [7, 11) is 1.74. The lowest BCUT2D eigenvalue weighted by Gasteiger charge is -2.10. The molecule has 0 aliphatic carbocycles. The van der Waals surface area contributed by atoms with E-state index in [1.165, 1.54) is 4.68 Å². The standard InChI is InChI=1S/C19H20N8O3/c1-12(2)30-19(28)22-16-10-6-7-13(20-16)11-29-18-21-14-8-4-5-9-15(14)27(18)17-23-24-25-26(17)3/h4-10,12H,11H2,1-3H3,(H,20,22,28). The third kappa shape index (κ3) is 4.04. The number of pyridine rings is 1. The Balaban J connectivity index is 1.57. The average Bonchev–Trinajstić information content (AvgIpc) is 3.28. The highest BCUT2D eigenvalue weighted by atomic mass is 16.6. The predicted molar refractivity (Wildman–Crippen MR) is 107 cm³/mol. The highest BCUT2D eigenvalue weighted by molar-refractivity contribution is 5.83. The van der Waals surface area contributed by atoms with Gasteiger partial charge in [-0.15, -0.1) is 0 Å². The molecule has 0 saturated carbocycles. The van der Waals surface area contributed by atoms with E-state index in [1.807, 2.05) is 24.3 Å². The Kier molecular flexibility index (Phi) is 5.24. The Morgan fingerprint density at radius 1 is 1.13 bits per heavy atom. The van der Waals surface area contributed by atoms with Crippen LogP contribution in [0.3, 0.4) is 0 Å². The van der Waals surface area contributed by atoms with Crippen LogP contribution in [0.2, 0.25) is 0 Å². The molecule has 4 rings (SSSR count). The topological polar surface area (TPSA) is 122 Å². The van der Waals surface area contributed by atoms with Crippen molar-refractivity contribution in [2.75, 3.05) is 5.32 Å². The number of rotatable bonds is 6. The van der Waals surface area contributed by atoms with Gasteiger partial charge in [0.2, 0.25) is 0 Å². The Morgan fingerprint density at radius 2 is 1.97 bits per heavy atom. The largest absolute Gasteiger partial charge is 0.458 e. The summed E-state index contributed by atoms with van der Waals surface area (Å²) in [5, 5.41) is 14.2. The molecule has 0 fully saturated rings. The Bertz CT molecular complexity index is 1180. The maximum Gasteiger partial charge on any atom is 0.413 e. The van der Waals surface area contributed by atoms with E-state index in [4.69, 9.17) is 9.47 Å². The Labute approximate surface area is 171 Å². The molecule has 0 radical (unpaired) electrons. The van der Waals surface area contributed by atoms with Gasteiger partial charge in [0, 0.05) is 7.05 Å². The van der Waals surface area contributed by atoms with E-state index >= 15 is 0 Å². The number of fused-ring (bicyclic) bond motifs is 1. The first-order chi connectivity index (χ1) is 14.5. The molecule has 0 unspecified atom stereocenters. The molecule has 3 aromatic heterocycles. The number of para-hydroxylation sites is 2. The molecule has 11 heteroatoms. The first-order valence-electron chi connectivity index (χ1n) is 9.28. The second-order valence-corrected chi connectivity index (χ2v) is 6.70. The summed E-state index contributed by atoms with van der Waals surface area (Å²) in [5.74, 6) is 0.839. The summed E-state index contributed by atoms with van der Waals surface area (Å²) in [6.45, 7) is 3.68. The van der Waals surface area contributed by atoms with Crippen molar-refractivity contribution < 1.29 is 14.3 Å². The van der Waals surface area contributed by atoms with Crippen LogP contribution in [0.5, 0.6) is 6.01 Å². The smallest absolute Gasteiger partial charge is 0.413 e. The zero-order valence-corrected chi connectivity index (χ0v) is 16.7. The van der Waals surface area contributed by atoms with E-state index in [0.717, 1.165) is 11.0 Å². The normalized spacial score (nSPS) is 11.1. The highest BCUT2D eigenvalue weighted by Gasteiger charge is 2.18. The number of nitrogens with zero attached hydrogens (tertiary/aromatic N) is 7. The van der Waals surface area contributed by atoms with Crippen molar-refractivity contribution in [3.63, 3.8) is 0 Å². The molecule has 1 aromatic carbocycles. The van der Waals surface area contributed by atoms with Gasteiger partial charge in [-0.2, -0.15) is 4.98 Å². The molecule has 0 spiro atoms. The van der Waals surface area contributed by atoms with E-state index in [0.29, 0.717) is 23.5 Å². The van der Waals surface area contributed by atoms with Gasteiger partial charge in [-0.1, -0.05) is 23.3 Å². The minimum absolute atomic E-state index is 0.128. The van der Waals surface area contributed by atoms with Crippen LogP contribution in [-0.2, 0) is 18.4 Å². The number of benzene rings is 1. The molecule has 30 heavy (non-hydrogen) atoms. The summed E-state index contributed by atoms with van der Waals surface area (Å²) in [6, 6.07) is 13.1. The molecule has 0 atom stereocenters. The number of hydrogen-bond acceptors (Lipinski definition) is 8. The van der Waals surface area contributed by atoms with Crippen LogP contribution in [0.15, 0.2) is 42.5 Å². The van der Waals surface area contributed by atoms with Crippen molar-refractivity contribution >= 4 is 22.9 Å². The number of nitrogens with one attached hydrogen (secondary N) is 1. The number of ether oxygens (including phenoxy) is 2. The highest BCUT2D eigenvalue weighted by Crippen LogP contribution is 2.25. The molecule has 1 N–H and O–H groups in total. The molecular formula is C19H20N8O3. The molecule has 4 aromatic rings. The van der Waals surface area contributed by atoms with Gasteiger partial charge < -0.3 is 9.47 Å². The maximum atomic E-state index is 11.8. The molecule has 0 aliphatic rings. The van der Waals surface area contributed by atoms with Crippen LogP contribution < -0.4 is 10.1 Å². The van der Waals surface area contributed by atoms with Crippen LogP contribution in [0.1, 0.15) is 19.5 Å². The van der Waals surface area contributed by atoms with E-state index in [-0.39, 0.29) is 12.7 Å². The van der Waals surface area contributed by atoms with Crippen LogP contribution in [0.4, 0.5) is 10.6 Å². The fourth-order valence-electron chi connectivity index (χ4n) is 2.82. The van der Waals surface area contributed by atoms with E-state index < -0.39 is 6.09 Å². The minimum atomic E-state index is -0.563. The number of tetrazole rings is 1. The van der Waals surface area contributed by atoms with Gasteiger partial charge in [0.1, 0.15) is 12.4 Å². The van der Waals surface area contributed by atoms with E-state index in [1.54, 1.807) is 43.7 Å². The van der Waals surface area contributed by atoms with Crippen molar-refractivity contribution in [1.82, 2.24) is 34.7 Å². The van der Waals surface area contributed by atoms with Crippen molar-refractivity contribution in [3.05, 3.63) is 48.2 Å². The van der Waals surface area contributed by atoms with Crippen molar-refractivity contribution in [2.45, 2.75) is 26.6 Å². The lowest BCUT2D eigenvalue weighted by molar-refractivity contribution is 0.130. The fourth-order valence-corrected chi connectivity index (χ4v) is 2.82. The molecule has 1 amide bonds. The van der Waals surface area contributed by atoms with E-state index in [9.17, 15) is 4.79 Å². The van der Waals surface area contributed by atoms with Crippen LogP contribution >= 0.6 is 0 Å². The number of carbonyl (C=O) groups excluding carboxylic acids is 1. The lowest BCUT2D eigenvalue weighted by Crippen LogP contribution is -2.19. The van der Waals surface area contributed by atoms with Crippen LogP contribution in [0, 0.1) is 0 Å². The Morgan fingerprint density at radius 3 is 2.73 bits per heavy atom. The lowest BCUT2D eigenvalue weighted by atomic mass is 10.3. The van der Waals surface area contributed by atoms with Gasteiger partial charge in [-0.3, -0.25) is 5.32 Å². The summed E-state index contributed by atoms with van der Waals surface area (Å²) in [6.07, 6.45) is -0.785. The number of hydrogen-bond donors (Lipinski definition) is 1. The van der Waals surface area contributed by atoms with Crippen molar-refractivity contribution in [2.24, 2.45) is 7.05 Å². The van der Waals surface area contributed by atoms with Gasteiger partial charge >= 0.3 is 12.1 Å². The van der Waals surface area contributed by atoms with Gasteiger partial charge in [0.05, 0.1) is 22.8 Å². The average molecular weight is 408 g/mol. The first-order valence-corrected chi connectivity index (χ1v) is 9.28. The number of imidazole rings is 1. The molecule has 11 nitrogen and oxygen atoms in total. The molecule has 0 aliphatic heterocycles. The third-order valence-electron chi connectivity index (χ3n) is 4.06. The zero-order chi connectivity index (χ0) is 21.1. The van der Waals surface area contributed by atoms with Gasteiger partial charge in [0.25, 0.3) is 5.95 Å². The zero-order valence-electron chi connectivity index (χ0n) is 16.7. The summed E-state index contributed by atoms with van der Waals surface area (Å²) in [5.41, 5.74) is 2.16. The van der Waals surface area contributed by atoms with Gasteiger partial charge in [-0.05, 0) is 48.5 Å². The SMILES string of the molecule is CC(C)OC(=O)Nc1cccc(COc2nc3ccccc3n2-c2nnnn2C)n1. The monoisotopic (exact) mass is 408 g/mol. The summed E-state index contributed by atoms with van der Waals surface area (Å²) < 4.78 is 14.3. The van der Waals surface area contributed by atoms with Crippen molar-refractivity contribution in [1.29, 1.82) is 0 Å². The quantitative estimate of drug-likeness (QED) is 0.516.